The van der Waals surface area contributed by atoms with Crippen molar-refractivity contribution >= 4 is 47.2 Å². The van der Waals surface area contributed by atoms with Crippen molar-refractivity contribution in [2.45, 2.75) is 6.61 Å². The molecular weight excluding hydrogens is 370 g/mol. The van der Waals surface area contributed by atoms with E-state index in [4.69, 9.17) is 23.2 Å². The normalized spacial score (nSPS) is 11.6. The molecule has 0 aliphatic heterocycles. The second-order valence-corrected chi connectivity index (χ2v) is 8.80. The van der Waals surface area contributed by atoms with Gasteiger partial charge in [-0.3, -0.25) is 0 Å². The fraction of sp³-hybridized carbons (Fsp3) is 0.231. The molecule has 0 saturated heterocycles. The highest BCUT2D eigenvalue weighted by Gasteiger charge is 2.19. The summed E-state index contributed by atoms with van der Waals surface area (Å²) in [5, 5.41) is 3.39. The summed E-state index contributed by atoms with van der Waals surface area (Å²) in [7, 11) is -2.80. The highest BCUT2D eigenvalue weighted by atomic mass is 35.5. The number of anilines is 2. The van der Waals surface area contributed by atoms with Crippen LogP contribution in [0.2, 0.25) is 10.3 Å². The minimum Gasteiger partial charge on any atom is -0.435 e. The quantitative estimate of drug-likeness (QED) is 0.615. The smallest absolute Gasteiger partial charge is 0.387 e. The number of benzene rings is 1. The first-order valence-electron chi connectivity index (χ1n) is 6.26. The van der Waals surface area contributed by atoms with Crippen molar-refractivity contribution in [3.8, 4) is 5.75 Å². The molecule has 10 heteroatoms. The maximum atomic E-state index is 12.4. The average Bonchev–Trinajstić information content (AvgIpc) is 2.42. The van der Waals surface area contributed by atoms with E-state index in [9.17, 15) is 13.3 Å². The predicted octanol–water partition coefficient (Wildman–Crippen LogP) is 4.38. The van der Waals surface area contributed by atoms with E-state index in [1.807, 2.05) is 0 Å². The number of nitrogens with one attached hydrogen (secondary N) is 1. The van der Waals surface area contributed by atoms with Crippen LogP contribution in [0.4, 0.5) is 20.3 Å². The Morgan fingerprint density at radius 1 is 1.30 bits per heavy atom. The molecule has 0 fully saturated rings. The van der Waals surface area contributed by atoms with Gasteiger partial charge in [-0.1, -0.05) is 11.6 Å². The molecule has 2 rings (SSSR count). The molecule has 0 spiro atoms. The van der Waals surface area contributed by atoms with Crippen molar-refractivity contribution in [1.82, 2.24) is 9.97 Å². The van der Waals surface area contributed by atoms with Gasteiger partial charge in [0.2, 0.25) is 5.28 Å². The van der Waals surface area contributed by atoms with Crippen LogP contribution < -0.4 is 15.4 Å². The minimum absolute atomic E-state index is 0.0210. The molecule has 0 aliphatic rings. The molecule has 5 nitrogen and oxygen atoms in total. The molecule has 1 aromatic heterocycles. The molecule has 23 heavy (non-hydrogen) atoms. The van der Waals surface area contributed by atoms with Crippen LogP contribution in [0, 0.1) is 0 Å². The van der Waals surface area contributed by atoms with Crippen LogP contribution in [0.5, 0.6) is 5.75 Å². The second kappa shape index (κ2) is 6.99. The first-order valence-corrected chi connectivity index (χ1v) is 9.62. The van der Waals surface area contributed by atoms with E-state index in [2.05, 4.69) is 20.0 Å². The summed E-state index contributed by atoms with van der Waals surface area (Å²) in [6.45, 7) is 0.0486. The fourth-order valence-electron chi connectivity index (χ4n) is 1.80. The third-order valence-corrected chi connectivity index (χ3v) is 4.73. The van der Waals surface area contributed by atoms with E-state index >= 15 is 0 Å². The molecule has 2 aromatic rings. The Hall–Kier alpha value is -1.43. The number of nitrogens with zero attached hydrogens (tertiary/aromatic N) is 2. The number of rotatable bonds is 5. The molecule has 0 atom stereocenters. The number of ether oxygens (including phenoxy) is 1. The Morgan fingerprint density at radius 3 is 2.61 bits per heavy atom. The van der Waals surface area contributed by atoms with E-state index in [0.29, 0.717) is 11.0 Å². The van der Waals surface area contributed by atoms with Gasteiger partial charge >= 0.3 is 6.61 Å². The van der Waals surface area contributed by atoms with Crippen LogP contribution >= 0.6 is 30.3 Å². The topological polar surface area (TPSA) is 64.1 Å². The molecule has 1 N–H and O–H groups in total. The summed E-state index contributed by atoms with van der Waals surface area (Å²) in [5.41, 5.74) is 0.400. The van der Waals surface area contributed by atoms with Crippen molar-refractivity contribution < 1.29 is 18.1 Å². The van der Waals surface area contributed by atoms with E-state index in [1.165, 1.54) is 37.7 Å². The van der Waals surface area contributed by atoms with Crippen molar-refractivity contribution in [2.24, 2.45) is 0 Å². The molecule has 0 aliphatic carbocycles. The van der Waals surface area contributed by atoms with E-state index in [-0.39, 0.29) is 21.9 Å². The van der Waals surface area contributed by atoms with Crippen LogP contribution in [-0.2, 0) is 4.57 Å². The predicted molar refractivity (Wildman–Crippen MR) is 87.5 cm³/mol. The van der Waals surface area contributed by atoms with Gasteiger partial charge in [0.15, 0.2) is 5.82 Å². The van der Waals surface area contributed by atoms with E-state index < -0.39 is 13.8 Å². The molecule has 1 aromatic carbocycles. The van der Waals surface area contributed by atoms with Gasteiger partial charge in [-0.25, -0.2) is 4.98 Å². The molecule has 124 valence electrons. The van der Waals surface area contributed by atoms with Gasteiger partial charge in [0.05, 0.1) is 11.9 Å². The van der Waals surface area contributed by atoms with Crippen molar-refractivity contribution in [2.75, 3.05) is 18.6 Å². The summed E-state index contributed by atoms with van der Waals surface area (Å²) >= 11 is 11.7. The van der Waals surface area contributed by atoms with E-state index in [1.54, 1.807) is 0 Å². The highest BCUT2D eigenvalue weighted by Crippen LogP contribution is 2.40. The van der Waals surface area contributed by atoms with Crippen molar-refractivity contribution in [3.05, 3.63) is 34.7 Å². The molecule has 0 bridgehead atoms. The van der Waals surface area contributed by atoms with Crippen LogP contribution in [0.15, 0.2) is 24.4 Å². The van der Waals surface area contributed by atoms with Gasteiger partial charge in [-0.05, 0) is 43.1 Å². The lowest BCUT2D eigenvalue weighted by Gasteiger charge is -2.17. The third-order valence-electron chi connectivity index (χ3n) is 2.74. The Labute approximate surface area is 141 Å². The Bertz CT molecular complexity index is 771. The number of hydrogen-bond donors (Lipinski definition) is 1. The van der Waals surface area contributed by atoms with Crippen LogP contribution in [0.3, 0.4) is 0 Å². The zero-order valence-electron chi connectivity index (χ0n) is 12.1. The lowest BCUT2D eigenvalue weighted by molar-refractivity contribution is -0.0497. The van der Waals surface area contributed by atoms with Crippen LogP contribution in [0.25, 0.3) is 0 Å². The van der Waals surface area contributed by atoms with Crippen LogP contribution in [-0.4, -0.2) is 29.9 Å². The average molecular weight is 382 g/mol. The lowest BCUT2D eigenvalue weighted by atomic mass is 10.3. The Morgan fingerprint density at radius 2 is 2.00 bits per heavy atom. The summed E-state index contributed by atoms with van der Waals surface area (Å²) in [6, 6.07) is 4.08. The Balaban J connectivity index is 2.45. The fourth-order valence-corrected chi connectivity index (χ4v) is 3.22. The largest absolute Gasteiger partial charge is 0.435 e. The van der Waals surface area contributed by atoms with E-state index in [0.717, 1.165) is 0 Å². The maximum absolute atomic E-state index is 12.4. The molecular formula is C13H12Cl2F2N3O2P. The summed E-state index contributed by atoms with van der Waals surface area (Å²) in [4.78, 5) is 7.66. The maximum Gasteiger partial charge on any atom is 0.387 e. The van der Waals surface area contributed by atoms with Gasteiger partial charge in [-0.2, -0.15) is 13.8 Å². The Kier molecular flexibility index (Phi) is 5.45. The molecule has 0 radical (unpaired) electrons. The van der Waals surface area contributed by atoms with Gasteiger partial charge in [0.25, 0.3) is 0 Å². The van der Waals surface area contributed by atoms with Gasteiger partial charge in [-0.15, -0.1) is 0 Å². The SMILES string of the molecule is CP(C)(=O)c1cc(OC(F)F)ccc1Nc1nc(Cl)ncc1Cl. The number of alkyl halides is 2. The van der Waals surface area contributed by atoms with Gasteiger partial charge in [0.1, 0.15) is 17.9 Å². The lowest BCUT2D eigenvalue weighted by Crippen LogP contribution is -2.12. The third kappa shape index (κ3) is 4.77. The number of hydrogen-bond acceptors (Lipinski definition) is 5. The van der Waals surface area contributed by atoms with Crippen LogP contribution in [0.1, 0.15) is 0 Å². The minimum atomic E-state index is -2.97. The standard InChI is InChI=1S/C13H12Cl2F2N3O2P/c1-23(2,21)10-5-7(22-13(16)17)3-4-9(10)19-11-8(14)6-18-12(15)20-11/h3-6,13H,1-2H3,(H,18,19,20). The summed E-state index contributed by atoms with van der Waals surface area (Å²) in [5.74, 6) is 0.125. The summed E-state index contributed by atoms with van der Waals surface area (Å²) in [6.07, 6.45) is 1.31. The first kappa shape index (κ1) is 17.9. The zero-order chi connectivity index (χ0) is 17.2. The molecule has 1 heterocycles. The molecule has 0 amide bonds. The van der Waals surface area contributed by atoms with Gasteiger partial charge in [0, 0.05) is 5.30 Å². The molecule has 0 saturated carbocycles. The summed E-state index contributed by atoms with van der Waals surface area (Å²) < 4.78 is 41.5. The zero-order valence-corrected chi connectivity index (χ0v) is 14.5. The second-order valence-electron chi connectivity index (χ2n) is 4.87. The van der Waals surface area contributed by atoms with Gasteiger partial charge < -0.3 is 14.6 Å². The first-order chi connectivity index (χ1) is 10.7. The number of halogens is 4. The monoisotopic (exact) mass is 381 g/mol. The number of aromatic nitrogens is 2. The highest BCUT2D eigenvalue weighted by molar-refractivity contribution is 7.70. The van der Waals surface area contributed by atoms with Crippen molar-refractivity contribution in [1.29, 1.82) is 0 Å². The van der Waals surface area contributed by atoms with Crippen molar-refractivity contribution in [3.63, 3.8) is 0 Å². The molecule has 0 unspecified atom stereocenters.